The molecule has 1 aromatic carbocycles. The zero-order chi connectivity index (χ0) is 13.4. The molecule has 0 atom stereocenters. The Balaban J connectivity index is 3.47. The van der Waals surface area contributed by atoms with Crippen LogP contribution in [0.2, 0.25) is 5.02 Å². The van der Waals surface area contributed by atoms with Crippen LogP contribution >= 0.6 is 11.6 Å². The molecule has 1 aromatic rings. The highest BCUT2D eigenvalue weighted by atomic mass is 35.5. The molecule has 17 heavy (non-hydrogen) atoms. The van der Waals surface area contributed by atoms with Crippen LogP contribution in [0.1, 0.15) is 13.8 Å². The summed E-state index contributed by atoms with van der Waals surface area (Å²) in [5.41, 5.74) is 0. The maximum Gasteiger partial charge on any atom is 0.324 e. The number of halogens is 2. The first-order valence-corrected chi connectivity index (χ1v) is 6.40. The van der Waals surface area contributed by atoms with Gasteiger partial charge in [0.1, 0.15) is 10.7 Å². The van der Waals surface area contributed by atoms with Crippen molar-refractivity contribution < 1.29 is 22.7 Å². The van der Waals surface area contributed by atoms with E-state index in [1.165, 1.54) is 6.07 Å². The first kappa shape index (κ1) is 13.9. The van der Waals surface area contributed by atoms with Gasteiger partial charge in [0.15, 0.2) is 14.6 Å². The van der Waals surface area contributed by atoms with Crippen molar-refractivity contribution >= 4 is 27.4 Å². The maximum absolute atomic E-state index is 13.5. The summed E-state index contributed by atoms with van der Waals surface area (Å²) < 4.78 is 35.3. The molecule has 0 aliphatic carbocycles. The summed E-state index contributed by atoms with van der Waals surface area (Å²) >= 11 is 5.49. The van der Waals surface area contributed by atoms with Crippen molar-refractivity contribution in [3.63, 3.8) is 0 Å². The highest BCUT2D eigenvalue weighted by Crippen LogP contribution is 2.28. The summed E-state index contributed by atoms with van der Waals surface area (Å²) in [6.45, 7) is 2.00. The molecule has 94 valence electrons. The number of sulfone groups is 1. The van der Waals surface area contributed by atoms with Gasteiger partial charge in [0, 0.05) is 5.02 Å². The van der Waals surface area contributed by atoms with Crippen LogP contribution in [-0.4, -0.2) is 24.2 Å². The maximum atomic E-state index is 13.5. The van der Waals surface area contributed by atoms with Crippen molar-refractivity contribution in [3.8, 4) is 0 Å². The molecular formula is C10H10ClFO4S. The van der Waals surface area contributed by atoms with Gasteiger partial charge < -0.3 is 5.11 Å². The predicted molar refractivity (Wildman–Crippen MR) is 60.3 cm³/mol. The van der Waals surface area contributed by atoms with E-state index >= 15 is 0 Å². The topological polar surface area (TPSA) is 71.4 Å². The summed E-state index contributed by atoms with van der Waals surface area (Å²) in [6.07, 6.45) is 0. The van der Waals surface area contributed by atoms with E-state index < -0.39 is 31.3 Å². The van der Waals surface area contributed by atoms with Crippen molar-refractivity contribution in [2.45, 2.75) is 23.5 Å². The average molecular weight is 281 g/mol. The highest BCUT2D eigenvalue weighted by molar-refractivity contribution is 7.93. The van der Waals surface area contributed by atoms with Crippen LogP contribution in [-0.2, 0) is 14.6 Å². The first-order valence-electron chi connectivity index (χ1n) is 4.54. The van der Waals surface area contributed by atoms with Gasteiger partial charge in [0.2, 0.25) is 0 Å². The molecule has 0 saturated heterocycles. The third-order valence-corrected chi connectivity index (χ3v) is 5.03. The van der Waals surface area contributed by atoms with Gasteiger partial charge in [-0.05, 0) is 32.0 Å². The highest BCUT2D eigenvalue weighted by Gasteiger charge is 2.44. The lowest BCUT2D eigenvalue weighted by molar-refractivity contribution is -0.139. The van der Waals surface area contributed by atoms with E-state index in [0.717, 1.165) is 26.0 Å². The molecular weight excluding hydrogens is 271 g/mol. The Bertz CT molecular complexity index is 566. The van der Waals surface area contributed by atoms with Gasteiger partial charge in [-0.1, -0.05) is 11.6 Å². The minimum absolute atomic E-state index is 0.0366. The Morgan fingerprint density at radius 3 is 2.35 bits per heavy atom. The summed E-state index contributed by atoms with van der Waals surface area (Å²) in [5.74, 6) is -2.61. The summed E-state index contributed by atoms with van der Waals surface area (Å²) in [6, 6.07) is 2.97. The van der Waals surface area contributed by atoms with Gasteiger partial charge in [-0.15, -0.1) is 0 Å². The van der Waals surface area contributed by atoms with E-state index in [0.29, 0.717) is 0 Å². The third kappa shape index (κ3) is 2.28. The lowest BCUT2D eigenvalue weighted by Gasteiger charge is -2.20. The van der Waals surface area contributed by atoms with Crippen LogP contribution in [0.15, 0.2) is 23.1 Å². The quantitative estimate of drug-likeness (QED) is 0.920. The number of carboxylic acid groups (broad SMARTS) is 1. The Hall–Kier alpha value is -1.14. The number of aliphatic carboxylic acids is 1. The number of hydrogen-bond donors (Lipinski definition) is 1. The third-order valence-electron chi connectivity index (χ3n) is 2.37. The number of carboxylic acids is 1. The van der Waals surface area contributed by atoms with Gasteiger partial charge in [0.05, 0.1) is 0 Å². The second-order valence-electron chi connectivity index (χ2n) is 3.89. The van der Waals surface area contributed by atoms with E-state index in [-0.39, 0.29) is 5.02 Å². The molecule has 0 aliphatic heterocycles. The van der Waals surface area contributed by atoms with Crippen molar-refractivity contribution in [2.24, 2.45) is 0 Å². The number of rotatable bonds is 3. The Morgan fingerprint density at radius 1 is 1.41 bits per heavy atom. The van der Waals surface area contributed by atoms with Crippen LogP contribution < -0.4 is 0 Å². The Kier molecular flexibility index (Phi) is 3.50. The Morgan fingerprint density at radius 2 is 1.94 bits per heavy atom. The second kappa shape index (κ2) is 4.27. The second-order valence-corrected chi connectivity index (χ2v) is 6.80. The van der Waals surface area contributed by atoms with E-state index in [4.69, 9.17) is 16.7 Å². The predicted octanol–water partition coefficient (Wildman–Crippen LogP) is 2.12. The fourth-order valence-corrected chi connectivity index (χ4v) is 2.58. The molecule has 0 radical (unpaired) electrons. The van der Waals surface area contributed by atoms with Crippen molar-refractivity contribution in [1.29, 1.82) is 0 Å². The first-order chi connectivity index (χ1) is 7.60. The minimum Gasteiger partial charge on any atom is -0.480 e. The molecule has 0 fully saturated rings. The normalized spacial score (nSPS) is 12.5. The van der Waals surface area contributed by atoms with E-state index in [2.05, 4.69) is 0 Å². The van der Waals surface area contributed by atoms with Crippen LogP contribution in [0.4, 0.5) is 4.39 Å². The van der Waals surface area contributed by atoms with Gasteiger partial charge in [-0.2, -0.15) is 0 Å². The van der Waals surface area contributed by atoms with Crippen LogP contribution in [0.5, 0.6) is 0 Å². The Labute approximate surface area is 103 Å². The molecule has 0 aromatic heterocycles. The number of carbonyl (C=O) groups is 1. The zero-order valence-electron chi connectivity index (χ0n) is 9.07. The van der Waals surface area contributed by atoms with Crippen molar-refractivity contribution in [1.82, 2.24) is 0 Å². The fourth-order valence-electron chi connectivity index (χ4n) is 1.08. The monoisotopic (exact) mass is 280 g/mol. The molecule has 0 aliphatic rings. The molecule has 4 nitrogen and oxygen atoms in total. The largest absolute Gasteiger partial charge is 0.480 e. The number of hydrogen-bond acceptors (Lipinski definition) is 3. The van der Waals surface area contributed by atoms with Crippen molar-refractivity contribution in [2.75, 3.05) is 0 Å². The van der Waals surface area contributed by atoms with Crippen LogP contribution in [0, 0.1) is 5.82 Å². The standard InChI is InChI=1S/C10H10ClFO4S/c1-10(2,9(13)14)17(15,16)8-4-3-6(11)5-7(8)12/h3-5H,1-2H3,(H,13,14). The molecule has 0 spiro atoms. The van der Waals surface area contributed by atoms with Gasteiger partial charge in [-0.3, -0.25) is 4.79 Å². The molecule has 0 saturated carbocycles. The molecule has 7 heteroatoms. The molecule has 1 N–H and O–H groups in total. The average Bonchev–Trinajstić information content (AvgIpc) is 2.16. The van der Waals surface area contributed by atoms with E-state index in [9.17, 15) is 17.6 Å². The van der Waals surface area contributed by atoms with E-state index in [1.807, 2.05) is 0 Å². The van der Waals surface area contributed by atoms with Gasteiger partial charge in [0.25, 0.3) is 0 Å². The smallest absolute Gasteiger partial charge is 0.324 e. The number of benzene rings is 1. The van der Waals surface area contributed by atoms with Gasteiger partial charge in [-0.25, -0.2) is 12.8 Å². The van der Waals surface area contributed by atoms with E-state index in [1.54, 1.807) is 0 Å². The zero-order valence-corrected chi connectivity index (χ0v) is 10.6. The van der Waals surface area contributed by atoms with Crippen LogP contribution in [0.25, 0.3) is 0 Å². The lowest BCUT2D eigenvalue weighted by Crippen LogP contribution is -2.40. The van der Waals surface area contributed by atoms with Crippen LogP contribution in [0.3, 0.4) is 0 Å². The molecule has 1 rings (SSSR count). The summed E-state index contributed by atoms with van der Waals surface area (Å²) in [4.78, 5) is 10.2. The SMILES string of the molecule is CC(C)(C(=O)O)S(=O)(=O)c1ccc(Cl)cc1F. The minimum atomic E-state index is -4.32. The summed E-state index contributed by atoms with van der Waals surface area (Å²) in [7, 11) is -4.32. The van der Waals surface area contributed by atoms with Gasteiger partial charge >= 0.3 is 5.97 Å². The summed E-state index contributed by atoms with van der Waals surface area (Å²) in [5, 5.41) is 8.89. The van der Waals surface area contributed by atoms with Crippen molar-refractivity contribution in [3.05, 3.63) is 29.0 Å². The molecule has 0 heterocycles. The molecule has 0 bridgehead atoms. The molecule has 0 amide bonds. The lowest BCUT2D eigenvalue weighted by atomic mass is 10.2. The fraction of sp³-hybridized carbons (Fsp3) is 0.300. The molecule has 0 unspecified atom stereocenters.